The van der Waals surface area contributed by atoms with Crippen molar-refractivity contribution in [2.24, 2.45) is 5.73 Å². The lowest BCUT2D eigenvalue weighted by Crippen LogP contribution is -2.42. The third-order valence-corrected chi connectivity index (χ3v) is 3.73. The van der Waals surface area contributed by atoms with Crippen LogP contribution in [-0.2, 0) is 4.79 Å². The number of nitrogens with one attached hydrogen (secondary N) is 1. The number of amides is 1. The van der Waals surface area contributed by atoms with Crippen LogP contribution in [0.4, 0.5) is 0 Å². The van der Waals surface area contributed by atoms with E-state index in [0.717, 1.165) is 12.2 Å². The zero-order valence-corrected chi connectivity index (χ0v) is 10.5. The maximum absolute atomic E-state index is 11.2. The van der Waals surface area contributed by atoms with Gasteiger partial charge in [-0.25, -0.2) is 0 Å². The molecule has 1 saturated carbocycles. The van der Waals surface area contributed by atoms with Gasteiger partial charge in [0.2, 0.25) is 5.91 Å². The molecule has 92 valence electrons. The topological polar surface area (TPSA) is 68.0 Å². The number of carbonyl (C=O) groups excluding carboxylic acids is 1. The van der Waals surface area contributed by atoms with Crippen LogP contribution in [-0.4, -0.2) is 28.7 Å². The summed E-state index contributed by atoms with van der Waals surface area (Å²) >= 11 is 1.73. The van der Waals surface area contributed by atoms with Crippen molar-refractivity contribution in [3.63, 3.8) is 0 Å². The highest BCUT2D eigenvalue weighted by Gasteiger charge is 2.26. The van der Waals surface area contributed by atoms with E-state index in [2.05, 4.69) is 10.3 Å². The number of hydrogen-bond acceptors (Lipinski definition) is 4. The summed E-state index contributed by atoms with van der Waals surface area (Å²) in [5.74, 6) is 0.643. The van der Waals surface area contributed by atoms with Gasteiger partial charge in [0.15, 0.2) is 0 Å². The van der Waals surface area contributed by atoms with E-state index in [4.69, 9.17) is 5.73 Å². The SMILES string of the molecule is NC(=O)C(CCSc1ccncc1)NC1CC1. The minimum atomic E-state index is -0.243. The number of pyridine rings is 1. The number of primary amides is 1. The fraction of sp³-hybridized carbons (Fsp3) is 0.500. The van der Waals surface area contributed by atoms with Gasteiger partial charge in [0.25, 0.3) is 0 Å². The molecule has 4 nitrogen and oxygen atoms in total. The molecule has 1 aromatic heterocycles. The summed E-state index contributed by atoms with van der Waals surface area (Å²) in [5.41, 5.74) is 5.37. The summed E-state index contributed by atoms with van der Waals surface area (Å²) in [6, 6.07) is 4.27. The average molecular weight is 251 g/mol. The normalized spacial score (nSPS) is 16.7. The Morgan fingerprint density at radius 2 is 2.24 bits per heavy atom. The fourth-order valence-electron chi connectivity index (χ4n) is 1.57. The van der Waals surface area contributed by atoms with Crippen LogP contribution in [0.25, 0.3) is 0 Å². The van der Waals surface area contributed by atoms with Crippen LogP contribution in [0.3, 0.4) is 0 Å². The first-order valence-corrected chi connectivity index (χ1v) is 6.82. The molecule has 17 heavy (non-hydrogen) atoms. The van der Waals surface area contributed by atoms with Crippen LogP contribution in [0.5, 0.6) is 0 Å². The number of nitrogens with two attached hydrogens (primary N) is 1. The van der Waals surface area contributed by atoms with E-state index >= 15 is 0 Å². The molecule has 0 aromatic carbocycles. The molecular weight excluding hydrogens is 234 g/mol. The monoisotopic (exact) mass is 251 g/mol. The molecule has 1 aliphatic rings. The first kappa shape index (κ1) is 12.4. The first-order chi connectivity index (χ1) is 8.25. The molecule has 0 spiro atoms. The van der Waals surface area contributed by atoms with Gasteiger partial charge in [0, 0.05) is 23.3 Å². The average Bonchev–Trinajstić information content (AvgIpc) is 3.13. The lowest BCUT2D eigenvalue weighted by atomic mass is 10.2. The van der Waals surface area contributed by atoms with Crippen molar-refractivity contribution in [1.29, 1.82) is 0 Å². The molecule has 1 heterocycles. The van der Waals surface area contributed by atoms with Gasteiger partial charge in [-0.15, -0.1) is 11.8 Å². The van der Waals surface area contributed by atoms with Gasteiger partial charge in [-0.1, -0.05) is 0 Å². The van der Waals surface area contributed by atoms with Crippen LogP contribution in [0.2, 0.25) is 0 Å². The fourth-order valence-corrected chi connectivity index (χ4v) is 2.47. The Labute approximate surface area is 105 Å². The molecule has 1 aromatic rings. The van der Waals surface area contributed by atoms with Crippen molar-refractivity contribution in [3.05, 3.63) is 24.5 Å². The quantitative estimate of drug-likeness (QED) is 0.714. The zero-order chi connectivity index (χ0) is 12.1. The molecule has 1 atom stereocenters. The van der Waals surface area contributed by atoms with Gasteiger partial charge in [-0.3, -0.25) is 9.78 Å². The summed E-state index contributed by atoms with van der Waals surface area (Å²) in [5, 5.41) is 3.28. The van der Waals surface area contributed by atoms with Crippen LogP contribution in [0.15, 0.2) is 29.4 Å². The predicted molar refractivity (Wildman–Crippen MR) is 68.7 cm³/mol. The molecule has 2 rings (SSSR count). The van der Waals surface area contributed by atoms with Crippen molar-refractivity contribution in [1.82, 2.24) is 10.3 Å². The number of nitrogens with zero attached hydrogens (tertiary/aromatic N) is 1. The highest BCUT2D eigenvalue weighted by atomic mass is 32.2. The molecule has 0 bridgehead atoms. The second-order valence-corrected chi connectivity index (χ2v) is 5.38. The Balaban J connectivity index is 1.73. The number of carbonyl (C=O) groups is 1. The summed E-state index contributed by atoms with van der Waals surface area (Å²) in [4.78, 5) is 16.4. The Morgan fingerprint density at radius 3 is 2.82 bits per heavy atom. The summed E-state index contributed by atoms with van der Waals surface area (Å²) in [6.45, 7) is 0. The Bertz CT molecular complexity index is 367. The smallest absolute Gasteiger partial charge is 0.234 e. The van der Waals surface area contributed by atoms with Crippen LogP contribution in [0.1, 0.15) is 19.3 Å². The molecule has 1 amide bonds. The molecule has 0 aliphatic heterocycles. The third-order valence-electron chi connectivity index (χ3n) is 2.68. The van der Waals surface area contributed by atoms with E-state index < -0.39 is 0 Å². The van der Waals surface area contributed by atoms with E-state index in [-0.39, 0.29) is 11.9 Å². The maximum atomic E-state index is 11.2. The van der Waals surface area contributed by atoms with E-state index in [1.165, 1.54) is 17.7 Å². The highest BCUT2D eigenvalue weighted by Crippen LogP contribution is 2.22. The van der Waals surface area contributed by atoms with Crippen LogP contribution < -0.4 is 11.1 Å². The van der Waals surface area contributed by atoms with Crippen molar-refractivity contribution in [3.8, 4) is 0 Å². The summed E-state index contributed by atoms with van der Waals surface area (Å²) in [7, 11) is 0. The molecule has 1 unspecified atom stereocenters. The van der Waals surface area contributed by atoms with Crippen LogP contribution in [0, 0.1) is 0 Å². The summed E-state index contributed by atoms with van der Waals surface area (Å²) in [6.07, 6.45) is 6.66. The Morgan fingerprint density at radius 1 is 1.53 bits per heavy atom. The van der Waals surface area contributed by atoms with Gasteiger partial charge in [0.05, 0.1) is 6.04 Å². The molecule has 1 aliphatic carbocycles. The second-order valence-electron chi connectivity index (χ2n) is 4.22. The van der Waals surface area contributed by atoms with E-state index in [1.807, 2.05) is 12.1 Å². The Kier molecular flexibility index (Phi) is 4.39. The molecule has 1 fully saturated rings. The molecule has 0 radical (unpaired) electrons. The lowest BCUT2D eigenvalue weighted by molar-refractivity contribution is -0.120. The first-order valence-electron chi connectivity index (χ1n) is 5.84. The van der Waals surface area contributed by atoms with Crippen molar-refractivity contribution >= 4 is 17.7 Å². The second kappa shape index (κ2) is 6.02. The number of hydrogen-bond donors (Lipinski definition) is 2. The minimum absolute atomic E-state index is 0.183. The summed E-state index contributed by atoms with van der Waals surface area (Å²) < 4.78 is 0. The van der Waals surface area contributed by atoms with Crippen molar-refractivity contribution in [2.45, 2.75) is 36.2 Å². The Hall–Kier alpha value is -1.07. The number of thioether (sulfide) groups is 1. The van der Waals surface area contributed by atoms with Gasteiger partial charge in [0.1, 0.15) is 0 Å². The van der Waals surface area contributed by atoms with Crippen molar-refractivity contribution < 1.29 is 4.79 Å². The van der Waals surface area contributed by atoms with Gasteiger partial charge >= 0.3 is 0 Å². The lowest BCUT2D eigenvalue weighted by Gasteiger charge is -2.14. The van der Waals surface area contributed by atoms with Crippen molar-refractivity contribution in [2.75, 3.05) is 5.75 Å². The van der Waals surface area contributed by atoms with Crippen LogP contribution >= 0.6 is 11.8 Å². The third kappa shape index (κ3) is 4.36. The predicted octanol–water partition coefficient (Wildman–Crippen LogP) is 1.17. The van der Waals surface area contributed by atoms with Gasteiger partial charge in [-0.05, 0) is 37.1 Å². The van der Waals surface area contributed by atoms with Gasteiger partial charge < -0.3 is 11.1 Å². The zero-order valence-electron chi connectivity index (χ0n) is 9.63. The van der Waals surface area contributed by atoms with E-state index in [9.17, 15) is 4.79 Å². The largest absolute Gasteiger partial charge is 0.368 e. The number of aromatic nitrogens is 1. The van der Waals surface area contributed by atoms with E-state index in [0.29, 0.717) is 6.04 Å². The maximum Gasteiger partial charge on any atom is 0.234 e. The number of rotatable bonds is 7. The van der Waals surface area contributed by atoms with Gasteiger partial charge in [-0.2, -0.15) is 0 Å². The minimum Gasteiger partial charge on any atom is -0.368 e. The standard InChI is InChI=1S/C12H17N3OS/c13-12(16)11(15-9-1-2-9)5-8-17-10-3-6-14-7-4-10/h3-4,6-7,9,11,15H,1-2,5,8H2,(H2,13,16). The molecular formula is C12H17N3OS. The molecule has 5 heteroatoms. The highest BCUT2D eigenvalue weighted by molar-refractivity contribution is 7.99. The molecule has 3 N–H and O–H groups in total. The molecule has 0 saturated heterocycles. The van der Waals surface area contributed by atoms with E-state index in [1.54, 1.807) is 24.2 Å².